The van der Waals surface area contributed by atoms with Gasteiger partial charge in [0, 0.05) is 18.2 Å². The van der Waals surface area contributed by atoms with Crippen LogP contribution in [0, 0.1) is 27.8 Å². The van der Waals surface area contributed by atoms with Crippen LogP contribution in [0.5, 0.6) is 0 Å². The molecule has 2 rings (SSSR count). The topological polar surface area (TPSA) is 55.2 Å². The van der Waals surface area contributed by atoms with Gasteiger partial charge in [0.1, 0.15) is 11.5 Å². The van der Waals surface area contributed by atoms with Crippen molar-refractivity contribution in [3.05, 3.63) is 32.5 Å². The van der Waals surface area contributed by atoms with Crippen molar-refractivity contribution in [3.63, 3.8) is 0 Å². The second-order valence-corrected chi connectivity index (χ2v) is 6.25. The number of halogens is 2. The van der Waals surface area contributed by atoms with Crippen molar-refractivity contribution in [3.8, 4) is 0 Å². The van der Waals surface area contributed by atoms with Gasteiger partial charge in [-0.05, 0) is 40.6 Å². The average Bonchev–Trinajstić information content (AvgIpc) is 2.74. The van der Waals surface area contributed by atoms with E-state index in [1.165, 1.54) is 12.1 Å². The number of nitro groups is 1. The Morgan fingerprint density at radius 2 is 2.20 bits per heavy atom. The predicted octanol–water partition coefficient (Wildman–Crippen LogP) is 4.73. The lowest BCUT2D eigenvalue weighted by Gasteiger charge is -2.22. The fraction of sp³-hybridized carbons (Fsp3) is 0.571. The first-order valence-electron chi connectivity index (χ1n) is 6.84. The van der Waals surface area contributed by atoms with Crippen LogP contribution in [0.25, 0.3) is 0 Å². The zero-order chi connectivity index (χ0) is 14.9. The Bertz CT molecular complexity index is 524. The molecule has 1 aromatic carbocycles. The van der Waals surface area contributed by atoms with E-state index in [0.29, 0.717) is 11.8 Å². The van der Waals surface area contributed by atoms with E-state index in [-0.39, 0.29) is 21.9 Å². The number of hydrogen-bond acceptors (Lipinski definition) is 3. The Kier molecular flexibility index (Phi) is 4.62. The minimum atomic E-state index is -0.490. The largest absolute Gasteiger partial charge is 0.376 e. The zero-order valence-corrected chi connectivity index (χ0v) is 13.1. The van der Waals surface area contributed by atoms with Crippen LogP contribution < -0.4 is 5.32 Å². The third kappa shape index (κ3) is 2.95. The first kappa shape index (κ1) is 15.2. The fourth-order valence-electron chi connectivity index (χ4n) is 3.03. The van der Waals surface area contributed by atoms with Gasteiger partial charge < -0.3 is 5.32 Å². The number of hydrogen-bond donors (Lipinski definition) is 1. The number of nitrogens with zero attached hydrogens (tertiary/aromatic N) is 1. The first-order valence-corrected chi connectivity index (χ1v) is 7.63. The Morgan fingerprint density at radius 3 is 2.75 bits per heavy atom. The van der Waals surface area contributed by atoms with Gasteiger partial charge in [-0.25, -0.2) is 4.39 Å². The molecule has 0 spiro atoms. The molecule has 6 heteroatoms. The summed E-state index contributed by atoms with van der Waals surface area (Å²) in [6.45, 7) is 4.31. The van der Waals surface area contributed by atoms with Crippen molar-refractivity contribution >= 4 is 27.3 Å². The van der Waals surface area contributed by atoms with Gasteiger partial charge in [-0.15, -0.1) is 0 Å². The zero-order valence-electron chi connectivity index (χ0n) is 11.5. The lowest BCUT2D eigenvalue weighted by Crippen LogP contribution is -2.25. The summed E-state index contributed by atoms with van der Waals surface area (Å²) >= 11 is 2.99. The summed E-state index contributed by atoms with van der Waals surface area (Å²) < 4.78 is 13.7. The normalized spacial score (nSPS) is 25.7. The van der Waals surface area contributed by atoms with Crippen molar-refractivity contribution in [2.45, 2.75) is 39.2 Å². The molecule has 0 radical (unpaired) electrons. The molecule has 3 unspecified atom stereocenters. The maximum absolute atomic E-state index is 13.6. The van der Waals surface area contributed by atoms with Gasteiger partial charge in [-0.1, -0.05) is 20.3 Å². The molecule has 4 nitrogen and oxygen atoms in total. The van der Waals surface area contributed by atoms with Gasteiger partial charge in [-0.3, -0.25) is 10.1 Å². The van der Waals surface area contributed by atoms with Gasteiger partial charge >= 0.3 is 0 Å². The van der Waals surface area contributed by atoms with Crippen LogP contribution in [-0.4, -0.2) is 11.0 Å². The third-order valence-electron chi connectivity index (χ3n) is 4.33. The summed E-state index contributed by atoms with van der Waals surface area (Å²) in [5.74, 6) is 0.578. The molecule has 20 heavy (non-hydrogen) atoms. The molecule has 0 bridgehead atoms. The number of nitro benzene ring substituents is 1. The summed E-state index contributed by atoms with van der Waals surface area (Å²) in [5, 5.41) is 14.3. The number of rotatable bonds is 4. The third-order valence-corrected chi connectivity index (χ3v) is 4.93. The molecular formula is C14H18BrFN2O2. The summed E-state index contributed by atoms with van der Waals surface area (Å²) in [6.07, 6.45) is 3.19. The smallest absolute Gasteiger partial charge is 0.293 e. The highest BCUT2D eigenvalue weighted by Crippen LogP contribution is 2.38. The van der Waals surface area contributed by atoms with Crippen molar-refractivity contribution in [2.24, 2.45) is 11.8 Å². The van der Waals surface area contributed by atoms with Crippen molar-refractivity contribution in [1.29, 1.82) is 0 Å². The van der Waals surface area contributed by atoms with E-state index in [9.17, 15) is 14.5 Å². The van der Waals surface area contributed by atoms with Gasteiger partial charge in [0.15, 0.2) is 0 Å². The molecule has 1 saturated carbocycles. The number of anilines is 1. The summed E-state index contributed by atoms with van der Waals surface area (Å²) in [4.78, 5) is 10.6. The molecule has 1 fully saturated rings. The average molecular weight is 345 g/mol. The van der Waals surface area contributed by atoms with Gasteiger partial charge in [0.2, 0.25) is 0 Å². The quantitative estimate of drug-likeness (QED) is 0.634. The highest BCUT2D eigenvalue weighted by molar-refractivity contribution is 9.10. The fourth-order valence-corrected chi connectivity index (χ4v) is 3.36. The minimum absolute atomic E-state index is 0.0922. The van der Waals surface area contributed by atoms with Crippen LogP contribution in [0.3, 0.4) is 0 Å². The molecule has 0 aliphatic heterocycles. The van der Waals surface area contributed by atoms with Gasteiger partial charge in [0.05, 0.1) is 9.40 Å². The van der Waals surface area contributed by atoms with Crippen molar-refractivity contribution in [2.75, 3.05) is 5.32 Å². The minimum Gasteiger partial charge on any atom is -0.376 e. The van der Waals surface area contributed by atoms with Gasteiger partial charge in [0.25, 0.3) is 5.69 Å². The molecule has 1 N–H and O–H groups in total. The van der Waals surface area contributed by atoms with E-state index >= 15 is 0 Å². The number of benzene rings is 1. The Labute approximate surface area is 126 Å². The maximum atomic E-state index is 13.6. The van der Waals surface area contributed by atoms with Crippen LogP contribution in [0.15, 0.2) is 16.6 Å². The molecule has 1 aliphatic rings. The van der Waals surface area contributed by atoms with Crippen LogP contribution in [0.2, 0.25) is 0 Å². The van der Waals surface area contributed by atoms with Crippen molar-refractivity contribution in [1.82, 2.24) is 0 Å². The molecular weight excluding hydrogens is 327 g/mol. The second-order valence-electron chi connectivity index (χ2n) is 5.40. The van der Waals surface area contributed by atoms with E-state index in [0.717, 1.165) is 19.3 Å². The SMILES string of the molecule is CCC1CCC(Nc2cc(F)c(Br)cc2[N+](=O)[O-])C1C. The van der Waals surface area contributed by atoms with Crippen LogP contribution >= 0.6 is 15.9 Å². The monoisotopic (exact) mass is 344 g/mol. The van der Waals surface area contributed by atoms with E-state index in [2.05, 4.69) is 35.1 Å². The predicted molar refractivity (Wildman–Crippen MR) is 80.3 cm³/mol. The molecule has 0 saturated heterocycles. The van der Waals surface area contributed by atoms with Crippen molar-refractivity contribution < 1.29 is 9.31 Å². The Balaban J connectivity index is 2.25. The molecule has 1 aliphatic carbocycles. The summed E-state index contributed by atoms with van der Waals surface area (Å²) in [6, 6.07) is 2.59. The summed E-state index contributed by atoms with van der Waals surface area (Å²) in [5.41, 5.74) is 0.176. The van der Waals surface area contributed by atoms with E-state index < -0.39 is 10.7 Å². The highest BCUT2D eigenvalue weighted by Gasteiger charge is 2.32. The molecule has 3 atom stereocenters. The molecule has 0 heterocycles. The van der Waals surface area contributed by atoms with Crippen LogP contribution in [0.1, 0.15) is 33.1 Å². The Hall–Kier alpha value is -1.17. The molecule has 0 aromatic heterocycles. The second kappa shape index (κ2) is 6.08. The molecule has 110 valence electrons. The van der Waals surface area contributed by atoms with E-state index in [1.807, 2.05) is 0 Å². The van der Waals surface area contributed by atoms with E-state index in [4.69, 9.17) is 0 Å². The van der Waals surface area contributed by atoms with Crippen LogP contribution in [-0.2, 0) is 0 Å². The Morgan fingerprint density at radius 1 is 1.50 bits per heavy atom. The highest BCUT2D eigenvalue weighted by atomic mass is 79.9. The lowest BCUT2D eigenvalue weighted by molar-refractivity contribution is -0.384. The maximum Gasteiger partial charge on any atom is 0.293 e. The molecule has 1 aromatic rings. The van der Waals surface area contributed by atoms with E-state index in [1.54, 1.807) is 0 Å². The van der Waals surface area contributed by atoms with Crippen LogP contribution in [0.4, 0.5) is 15.8 Å². The van der Waals surface area contributed by atoms with Gasteiger partial charge in [-0.2, -0.15) is 0 Å². The molecule has 0 amide bonds. The standard InChI is InChI=1S/C14H18BrFN2O2/c1-3-9-4-5-12(8(9)2)17-13-7-11(16)10(15)6-14(13)18(19)20/h6-9,12,17H,3-5H2,1-2H3. The summed E-state index contributed by atoms with van der Waals surface area (Å²) in [7, 11) is 0. The lowest BCUT2D eigenvalue weighted by atomic mass is 9.93. The first-order chi connectivity index (χ1) is 9.43. The number of nitrogens with one attached hydrogen (secondary N) is 1.